The molecule has 9 aromatic rings. The van der Waals surface area contributed by atoms with E-state index >= 15 is 0 Å². The maximum absolute atomic E-state index is 10.9. The number of phenols is 5. The zero-order valence-corrected chi connectivity index (χ0v) is 26.4. The third kappa shape index (κ3) is 4.36. The van der Waals surface area contributed by atoms with Gasteiger partial charge in [-0.3, -0.25) is 0 Å². The maximum atomic E-state index is 10.9. The number of aromatic hydroxyl groups is 5. The largest absolute Gasteiger partial charge is 0.504 e. The SMILES string of the molecule is Oc1c(O)c(O)c(-c2ccc3c(-c4ccccc4)c4ccccc4c(-c4ccc5c(c4)oc4ccc(-c6ccccc6)cc45)c3c2)c(O)c1O. The number of phenolic OH excluding ortho intramolecular Hbond substituents is 5. The van der Waals surface area contributed by atoms with Gasteiger partial charge in [-0.25, -0.2) is 0 Å². The highest BCUT2D eigenvalue weighted by molar-refractivity contribution is 6.22. The summed E-state index contributed by atoms with van der Waals surface area (Å²) in [5.41, 5.74) is 7.67. The average molecular weight is 653 g/mol. The van der Waals surface area contributed by atoms with Crippen molar-refractivity contribution in [3.05, 3.63) is 140 Å². The van der Waals surface area contributed by atoms with E-state index < -0.39 is 28.7 Å². The van der Waals surface area contributed by atoms with Gasteiger partial charge in [0.2, 0.25) is 17.2 Å². The minimum atomic E-state index is -1.00. The van der Waals surface area contributed by atoms with Crippen molar-refractivity contribution in [3.63, 3.8) is 0 Å². The van der Waals surface area contributed by atoms with Gasteiger partial charge in [0.1, 0.15) is 11.2 Å². The molecule has 0 atom stereocenters. The molecule has 5 N–H and O–H groups in total. The van der Waals surface area contributed by atoms with Gasteiger partial charge in [0.25, 0.3) is 0 Å². The highest BCUT2D eigenvalue weighted by Gasteiger charge is 2.26. The van der Waals surface area contributed by atoms with E-state index in [-0.39, 0.29) is 5.56 Å². The predicted molar refractivity (Wildman–Crippen MR) is 199 cm³/mol. The Balaban J connectivity index is 1.35. The summed E-state index contributed by atoms with van der Waals surface area (Å²) in [5, 5.41) is 58.4. The lowest BCUT2D eigenvalue weighted by Gasteiger charge is -2.19. The van der Waals surface area contributed by atoms with Gasteiger partial charge in [-0.05, 0) is 90.8 Å². The molecule has 9 rings (SSSR count). The minimum Gasteiger partial charge on any atom is -0.504 e. The summed E-state index contributed by atoms with van der Waals surface area (Å²) in [6, 6.07) is 46.4. The lowest BCUT2D eigenvalue weighted by Crippen LogP contribution is -1.92. The fourth-order valence-electron chi connectivity index (χ4n) is 7.26. The second-order valence-electron chi connectivity index (χ2n) is 12.4. The van der Waals surface area contributed by atoms with E-state index in [1.165, 1.54) is 0 Å². The molecule has 0 spiro atoms. The van der Waals surface area contributed by atoms with Crippen molar-refractivity contribution in [2.45, 2.75) is 0 Å². The van der Waals surface area contributed by atoms with E-state index in [0.717, 1.165) is 76.9 Å². The van der Waals surface area contributed by atoms with Crippen LogP contribution in [0.3, 0.4) is 0 Å². The van der Waals surface area contributed by atoms with Crippen LogP contribution in [-0.2, 0) is 0 Å². The number of hydrogen-bond donors (Lipinski definition) is 5. The summed E-state index contributed by atoms with van der Waals surface area (Å²) in [5.74, 6) is -4.35. The first-order chi connectivity index (χ1) is 24.4. The highest BCUT2D eigenvalue weighted by Crippen LogP contribution is 2.55. The molecule has 0 saturated heterocycles. The molecular weight excluding hydrogens is 624 g/mol. The molecule has 6 nitrogen and oxygen atoms in total. The molecule has 50 heavy (non-hydrogen) atoms. The van der Waals surface area contributed by atoms with Crippen molar-refractivity contribution < 1.29 is 29.9 Å². The van der Waals surface area contributed by atoms with Gasteiger partial charge in [-0.15, -0.1) is 0 Å². The first-order valence-corrected chi connectivity index (χ1v) is 16.1. The van der Waals surface area contributed by atoms with Gasteiger partial charge in [0.15, 0.2) is 11.5 Å². The fraction of sp³-hybridized carbons (Fsp3) is 0. The lowest BCUT2D eigenvalue weighted by molar-refractivity contribution is 0.330. The van der Waals surface area contributed by atoms with E-state index in [4.69, 9.17) is 4.42 Å². The molecule has 240 valence electrons. The van der Waals surface area contributed by atoms with E-state index in [9.17, 15) is 25.5 Å². The molecule has 0 radical (unpaired) electrons. The van der Waals surface area contributed by atoms with Crippen molar-refractivity contribution in [2.75, 3.05) is 0 Å². The Morgan fingerprint density at radius 2 is 0.760 bits per heavy atom. The van der Waals surface area contributed by atoms with Crippen molar-refractivity contribution in [3.8, 4) is 73.3 Å². The van der Waals surface area contributed by atoms with E-state index in [2.05, 4.69) is 60.7 Å². The summed E-state index contributed by atoms with van der Waals surface area (Å²) in [6.45, 7) is 0. The van der Waals surface area contributed by atoms with E-state index in [1.807, 2.05) is 72.8 Å². The van der Waals surface area contributed by atoms with Crippen LogP contribution in [0.4, 0.5) is 0 Å². The highest BCUT2D eigenvalue weighted by atomic mass is 16.4. The maximum Gasteiger partial charge on any atom is 0.208 e. The number of furan rings is 1. The topological polar surface area (TPSA) is 114 Å². The second kappa shape index (κ2) is 11.1. The zero-order chi connectivity index (χ0) is 34.1. The van der Waals surface area contributed by atoms with Crippen LogP contribution < -0.4 is 0 Å². The number of fused-ring (bicyclic) bond motifs is 5. The third-order valence-electron chi connectivity index (χ3n) is 9.61. The van der Waals surface area contributed by atoms with Crippen molar-refractivity contribution >= 4 is 43.5 Å². The zero-order valence-electron chi connectivity index (χ0n) is 26.4. The summed E-state index contributed by atoms with van der Waals surface area (Å²) in [4.78, 5) is 0. The van der Waals surface area contributed by atoms with Crippen LogP contribution >= 0.6 is 0 Å². The molecule has 0 aliphatic rings. The summed E-state index contributed by atoms with van der Waals surface area (Å²) >= 11 is 0. The van der Waals surface area contributed by atoms with Crippen molar-refractivity contribution in [1.82, 2.24) is 0 Å². The van der Waals surface area contributed by atoms with Crippen LogP contribution in [0.5, 0.6) is 28.7 Å². The van der Waals surface area contributed by atoms with Crippen LogP contribution in [0, 0.1) is 0 Å². The number of benzene rings is 8. The molecule has 0 bridgehead atoms. The molecule has 0 aliphatic carbocycles. The Morgan fingerprint density at radius 3 is 1.42 bits per heavy atom. The normalized spacial score (nSPS) is 11.6. The molecule has 0 unspecified atom stereocenters. The molecule has 8 aromatic carbocycles. The Hall–Kier alpha value is -6.92. The van der Waals surface area contributed by atoms with Gasteiger partial charge in [0, 0.05) is 10.8 Å². The Labute approximate surface area is 285 Å². The predicted octanol–water partition coefficient (Wildman–Crippen LogP) is 11.1. The van der Waals surface area contributed by atoms with Crippen LogP contribution in [0.15, 0.2) is 144 Å². The molecule has 1 heterocycles. The molecule has 0 fully saturated rings. The monoisotopic (exact) mass is 652 g/mol. The first-order valence-electron chi connectivity index (χ1n) is 16.1. The third-order valence-corrected chi connectivity index (χ3v) is 9.61. The van der Waals surface area contributed by atoms with E-state index in [1.54, 1.807) is 6.07 Å². The van der Waals surface area contributed by atoms with Crippen LogP contribution in [-0.4, -0.2) is 25.5 Å². The van der Waals surface area contributed by atoms with Gasteiger partial charge in [-0.2, -0.15) is 0 Å². The minimum absolute atomic E-state index is 0.206. The Kier molecular flexibility index (Phi) is 6.48. The molecular formula is C44H28O6. The summed E-state index contributed by atoms with van der Waals surface area (Å²) in [6.07, 6.45) is 0. The summed E-state index contributed by atoms with van der Waals surface area (Å²) in [7, 11) is 0. The fourth-order valence-corrected chi connectivity index (χ4v) is 7.26. The van der Waals surface area contributed by atoms with Crippen molar-refractivity contribution in [2.24, 2.45) is 0 Å². The summed E-state index contributed by atoms with van der Waals surface area (Å²) < 4.78 is 6.44. The molecule has 6 heteroatoms. The average Bonchev–Trinajstić information content (AvgIpc) is 3.53. The smallest absolute Gasteiger partial charge is 0.208 e. The standard InChI is InChI=1S/C44H28O6/c45-40-39(41(46)43(48)44(49)42(40)47)27-16-19-32-34(22-27)38(31-14-8-7-13-30(31)37(32)25-11-5-2-6-12-25)28-15-18-29-33-21-26(24-9-3-1-4-10-24)17-20-35(33)50-36(29)23-28/h1-23,45-49H. The van der Waals surface area contributed by atoms with Gasteiger partial charge < -0.3 is 29.9 Å². The molecule has 0 aliphatic heterocycles. The second-order valence-corrected chi connectivity index (χ2v) is 12.4. The molecule has 1 aromatic heterocycles. The molecule has 0 amide bonds. The van der Waals surface area contributed by atoms with Gasteiger partial charge in [0.05, 0.1) is 5.56 Å². The van der Waals surface area contributed by atoms with Gasteiger partial charge in [-0.1, -0.05) is 109 Å². The lowest BCUT2D eigenvalue weighted by atomic mass is 9.84. The first kappa shape index (κ1) is 29.2. The molecule has 0 saturated carbocycles. The Morgan fingerprint density at radius 1 is 0.280 bits per heavy atom. The van der Waals surface area contributed by atoms with Crippen LogP contribution in [0.2, 0.25) is 0 Å². The van der Waals surface area contributed by atoms with Crippen LogP contribution in [0.1, 0.15) is 0 Å². The quantitative estimate of drug-likeness (QED) is 0.0734. The van der Waals surface area contributed by atoms with E-state index in [0.29, 0.717) is 5.56 Å². The number of rotatable bonds is 4. The van der Waals surface area contributed by atoms with Crippen molar-refractivity contribution in [1.29, 1.82) is 0 Å². The number of hydrogen-bond acceptors (Lipinski definition) is 6. The van der Waals surface area contributed by atoms with Gasteiger partial charge >= 0.3 is 0 Å². The van der Waals surface area contributed by atoms with Crippen LogP contribution in [0.25, 0.3) is 88.0 Å². The Bertz CT molecular complexity index is 2770.